The molecule has 0 spiro atoms. The lowest BCUT2D eigenvalue weighted by Crippen LogP contribution is -2.34. The van der Waals surface area contributed by atoms with Crippen LogP contribution >= 0.6 is 11.3 Å². The molecule has 1 aromatic carbocycles. The molecule has 2 aromatic heterocycles. The molecule has 3 aromatic rings. The Balaban J connectivity index is 1.64. The fraction of sp³-hybridized carbons (Fsp3) is 0.464. The molecule has 0 saturated carbocycles. The van der Waals surface area contributed by atoms with Crippen LogP contribution in [0.2, 0.25) is 0 Å². The van der Waals surface area contributed by atoms with E-state index in [1.165, 1.54) is 47.0 Å². The van der Waals surface area contributed by atoms with Gasteiger partial charge in [0.1, 0.15) is 15.3 Å². The molecule has 0 unspecified atom stereocenters. The quantitative estimate of drug-likeness (QED) is 0.476. The van der Waals surface area contributed by atoms with Crippen LogP contribution < -0.4 is 25.4 Å². The SMILES string of the molecule is CCNC(=O)/C(C#N)=c1/s/c(=C\Nc2ccc3c(c2)c(CC2CCN(CC)CC2)cn3C)c(=O)n1CC. The van der Waals surface area contributed by atoms with Gasteiger partial charge in [-0.1, -0.05) is 6.92 Å². The van der Waals surface area contributed by atoms with Crippen LogP contribution in [-0.2, 0) is 24.8 Å². The van der Waals surface area contributed by atoms with E-state index in [-0.39, 0.29) is 11.1 Å². The van der Waals surface area contributed by atoms with Crippen LogP contribution in [0.3, 0.4) is 0 Å². The van der Waals surface area contributed by atoms with E-state index in [1.807, 2.05) is 19.1 Å². The summed E-state index contributed by atoms with van der Waals surface area (Å²) in [5, 5.41) is 16.8. The zero-order valence-electron chi connectivity index (χ0n) is 22.1. The normalized spacial score (nSPS) is 16.1. The monoisotopic (exact) mass is 520 g/mol. The zero-order valence-corrected chi connectivity index (χ0v) is 23.0. The molecule has 1 aliphatic rings. The Morgan fingerprint density at radius 2 is 1.97 bits per heavy atom. The number of aromatic nitrogens is 2. The van der Waals surface area contributed by atoms with Gasteiger partial charge in [0.15, 0.2) is 5.57 Å². The van der Waals surface area contributed by atoms with Crippen molar-refractivity contribution in [1.29, 1.82) is 5.26 Å². The molecule has 0 atom stereocenters. The second kappa shape index (κ2) is 11.8. The lowest BCUT2D eigenvalue weighted by molar-refractivity contribution is -0.115. The lowest BCUT2D eigenvalue weighted by atomic mass is 9.90. The van der Waals surface area contributed by atoms with Crippen molar-refractivity contribution < 1.29 is 4.79 Å². The van der Waals surface area contributed by atoms with Crippen LogP contribution in [0.15, 0.2) is 29.2 Å². The summed E-state index contributed by atoms with van der Waals surface area (Å²) in [6.45, 7) is 10.1. The summed E-state index contributed by atoms with van der Waals surface area (Å²) in [5.74, 6) is 0.236. The molecule has 2 N–H and O–H groups in total. The topological polar surface area (TPSA) is 95.1 Å². The van der Waals surface area contributed by atoms with Gasteiger partial charge in [-0.15, -0.1) is 11.3 Å². The number of anilines is 1. The highest BCUT2D eigenvalue weighted by Crippen LogP contribution is 2.29. The lowest BCUT2D eigenvalue weighted by Gasteiger charge is -2.30. The first-order valence-electron chi connectivity index (χ1n) is 13.1. The van der Waals surface area contributed by atoms with Crippen LogP contribution in [-0.4, -0.2) is 46.1 Å². The maximum absolute atomic E-state index is 13.0. The molecule has 3 heterocycles. The van der Waals surface area contributed by atoms with Gasteiger partial charge < -0.3 is 20.1 Å². The van der Waals surface area contributed by atoms with Crippen molar-refractivity contribution in [2.75, 3.05) is 31.5 Å². The van der Waals surface area contributed by atoms with E-state index in [0.717, 1.165) is 30.0 Å². The summed E-state index contributed by atoms with van der Waals surface area (Å²) in [6.07, 6.45) is 7.47. The van der Waals surface area contributed by atoms with Crippen molar-refractivity contribution >= 4 is 45.6 Å². The van der Waals surface area contributed by atoms with Gasteiger partial charge in [-0.2, -0.15) is 5.26 Å². The molecule has 1 saturated heterocycles. The number of nitrogens with one attached hydrogen (secondary N) is 2. The van der Waals surface area contributed by atoms with Gasteiger partial charge in [-0.05, 0) is 82.4 Å². The zero-order chi connectivity index (χ0) is 26.5. The van der Waals surface area contributed by atoms with Crippen LogP contribution in [0.25, 0.3) is 22.7 Å². The summed E-state index contributed by atoms with van der Waals surface area (Å²) in [4.78, 5) is 27.9. The Hall–Kier alpha value is -3.35. The van der Waals surface area contributed by atoms with Crippen molar-refractivity contribution in [3.63, 3.8) is 0 Å². The number of carbonyl (C=O) groups is 1. The number of carbonyl (C=O) groups excluding carboxylic acids is 1. The summed E-state index contributed by atoms with van der Waals surface area (Å²) in [6, 6.07) is 8.24. The Bertz CT molecular complexity index is 1500. The van der Waals surface area contributed by atoms with Gasteiger partial charge >= 0.3 is 0 Å². The average Bonchev–Trinajstić information content (AvgIpc) is 3.38. The minimum absolute atomic E-state index is 0.0365. The molecule has 196 valence electrons. The smallest absolute Gasteiger partial charge is 0.270 e. The minimum atomic E-state index is -0.463. The number of aryl methyl sites for hydroxylation is 1. The maximum Gasteiger partial charge on any atom is 0.270 e. The van der Waals surface area contributed by atoms with E-state index in [1.54, 1.807) is 13.1 Å². The number of amides is 1. The van der Waals surface area contributed by atoms with E-state index in [0.29, 0.717) is 28.2 Å². The Morgan fingerprint density at radius 3 is 2.62 bits per heavy atom. The number of fused-ring (bicyclic) bond motifs is 1. The number of likely N-dealkylation sites (tertiary alicyclic amines) is 1. The molecule has 1 amide bonds. The predicted octanol–water partition coefficient (Wildman–Crippen LogP) is 2.36. The van der Waals surface area contributed by atoms with Crippen LogP contribution in [0.5, 0.6) is 0 Å². The number of nitrogens with zero attached hydrogens (tertiary/aromatic N) is 4. The number of benzene rings is 1. The van der Waals surface area contributed by atoms with E-state index in [4.69, 9.17) is 0 Å². The van der Waals surface area contributed by atoms with E-state index in [2.05, 4.69) is 52.4 Å². The third-order valence-electron chi connectivity index (χ3n) is 7.22. The average molecular weight is 521 g/mol. The van der Waals surface area contributed by atoms with Gasteiger partial charge in [0, 0.05) is 49.1 Å². The summed E-state index contributed by atoms with van der Waals surface area (Å²) in [7, 11) is 2.09. The fourth-order valence-corrected chi connectivity index (χ4v) is 6.22. The van der Waals surface area contributed by atoms with Crippen LogP contribution in [0.4, 0.5) is 5.69 Å². The van der Waals surface area contributed by atoms with Crippen molar-refractivity contribution in [2.45, 2.75) is 46.6 Å². The third-order valence-corrected chi connectivity index (χ3v) is 8.35. The van der Waals surface area contributed by atoms with Gasteiger partial charge in [0.25, 0.3) is 11.5 Å². The molecular formula is C28H36N6O2S. The molecule has 0 bridgehead atoms. The van der Waals surface area contributed by atoms with Crippen molar-refractivity contribution in [3.05, 3.63) is 49.5 Å². The Kier molecular flexibility index (Phi) is 8.52. The van der Waals surface area contributed by atoms with Crippen molar-refractivity contribution in [3.8, 4) is 6.07 Å². The number of hydrogen-bond donors (Lipinski definition) is 2. The summed E-state index contributed by atoms with van der Waals surface area (Å²) < 4.78 is 4.49. The molecule has 1 fully saturated rings. The standard InChI is InChI=1S/C28H36N6O2S/c1-5-30-26(35)23(16-29)28-34(7-3)27(36)25(37-28)17-31-21-8-9-24-22(15-21)20(18-32(24)4)14-19-10-12-33(6-2)13-11-19/h8-9,15,17-19,31H,5-7,10-14H2,1-4H3,(H,30,35)/b25-17-,28-23+. The van der Waals surface area contributed by atoms with Gasteiger partial charge in [0.2, 0.25) is 0 Å². The molecule has 37 heavy (non-hydrogen) atoms. The van der Waals surface area contributed by atoms with Crippen LogP contribution in [0, 0.1) is 17.2 Å². The van der Waals surface area contributed by atoms with Crippen molar-refractivity contribution in [2.24, 2.45) is 13.0 Å². The molecule has 9 heteroatoms. The number of hydrogen-bond acceptors (Lipinski definition) is 6. The predicted molar refractivity (Wildman–Crippen MR) is 151 cm³/mol. The molecule has 0 aliphatic carbocycles. The first-order chi connectivity index (χ1) is 17.9. The first-order valence-corrected chi connectivity index (χ1v) is 13.9. The first kappa shape index (κ1) is 26.7. The van der Waals surface area contributed by atoms with Gasteiger partial charge in [0.05, 0.1) is 0 Å². The Labute approximate surface area is 221 Å². The van der Waals surface area contributed by atoms with Crippen LogP contribution in [0.1, 0.15) is 39.2 Å². The van der Waals surface area contributed by atoms with E-state index < -0.39 is 5.91 Å². The van der Waals surface area contributed by atoms with E-state index >= 15 is 0 Å². The summed E-state index contributed by atoms with van der Waals surface area (Å²) in [5.41, 5.74) is 3.19. The van der Waals surface area contributed by atoms with Crippen molar-refractivity contribution in [1.82, 2.24) is 19.4 Å². The molecule has 4 rings (SSSR count). The van der Waals surface area contributed by atoms with E-state index in [9.17, 15) is 14.9 Å². The summed E-state index contributed by atoms with van der Waals surface area (Å²) >= 11 is 1.16. The molecule has 1 aliphatic heterocycles. The molecular weight excluding hydrogens is 484 g/mol. The fourth-order valence-electron chi connectivity index (χ4n) is 5.13. The molecule has 8 nitrogen and oxygen atoms in total. The Morgan fingerprint density at radius 1 is 1.22 bits per heavy atom. The number of nitriles is 1. The van der Waals surface area contributed by atoms with Gasteiger partial charge in [-0.3, -0.25) is 14.2 Å². The number of thiazole rings is 1. The second-order valence-corrected chi connectivity index (χ2v) is 10.6. The second-order valence-electron chi connectivity index (χ2n) is 9.53. The largest absolute Gasteiger partial charge is 0.360 e. The molecule has 0 radical (unpaired) electrons. The maximum atomic E-state index is 13.0. The number of rotatable bonds is 8. The minimum Gasteiger partial charge on any atom is -0.360 e. The number of piperidine rings is 1. The highest BCUT2D eigenvalue weighted by atomic mass is 32.1. The highest BCUT2D eigenvalue weighted by molar-refractivity contribution is 7.07. The highest BCUT2D eigenvalue weighted by Gasteiger charge is 2.20. The third kappa shape index (κ3) is 5.65. The van der Waals surface area contributed by atoms with Gasteiger partial charge in [-0.25, -0.2) is 0 Å².